The topological polar surface area (TPSA) is 75.4 Å². The summed E-state index contributed by atoms with van der Waals surface area (Å²) in [5.41, 5.74) is -0.114. The highest BCUT2D eigenvalue weighted by molar-refractivity contribution is 5.87. The highest BCUT2D eigenvalue weighted by atomic mass is 19.2. The van der Waals surface area contributed by atoms with Gasteiger partial charge in [0.1, 0.15) is 5.75 Å². The summed E-state index contributed by atoms with van der Waals surface area (Å²) >= 11 is 0. The molecule has 1 heterocycles. The molecule has 2 aromatic rings. The van der Waals surface area contributed by atoms with Crippen LogP contribution in [0.4, 0.5) is 8.78 Å². The van der Waals surface area contributed by atoms with Crippen molar-refractivity contribution in [1.29, 1.82) is 0 Å². The maximum Gasteiger partial charge on any atom is 0.356 e. The molecule has 0 bridgehead atoms. The van der Waals surface area contributed by atoms with Crippen LogP contribution in [0.1, 0.15) is 10.5 Å². The lowest BCUT2D eigenvalue weighted by atomic mass is 10.1. The largest absolute Gasteiger partial charge is 0.507 e. The van der Waals surface area contributed by atoms with E-state index in [1.165, 1.54) is 7.05 Å². The number of benzene rings is 1. The monoisotopic (exact) mass is 254 g/mol. The van der Waals surface area contributed by atoms with E-state index in [1.807, 2.05) is 0 Å². The molecule has 0 radical (unpaired) electrons. The summed E-state index contributed by atoms with van der Waals surface area (Å²) < 4.78 is 27.1. The van der Waals surface area contributed by atoms with Crippen LogP contribution in [0.3, 0.4) is 0 Å². The molecule has 2 N–H and O–H groups in total. The van der Waals surface area contributed by atoms with Crippen LogP contribution in [0, 0.1) is 11.6 Å². The van der Waals surface area contributed by atoms with Crippen molar-refractivity contribution in [3.8, 4) is 17.0 Å². The minimum atomic E-state index is -1.25. The number of hydrogen-bond acceptors (Lipinski definition) is 3. The Morgan fingerprint density at radius 2 is 1.89 bits per heavy atom. The van der Waals surface area contributed by atoms with Crippen LogP contribution < -0.4 is 0 Å². The third-order valence-corrected chi connectivity index (χ3v) is 2.41. The van der Waals surface area contributed by atoms with E-state index in [4.69, 9.17) is 5.11 Å². The number of aromatic hydroxyl groups is 1. The van der Waals surface area contributed by atoms with Gasteiger partial charge in [0.15, 0.2) is 17.3 Å². The fraction of sp³-hybridized carbons (Fsp3) is 0.0909. The molecular weight excluding hydrogens is 246 g/mol. The first-order chi connectivity index (χ1) is 8.40. The van der Waals surface area contributed by atoms with Gasteiger partial charge in [-0.2, -0.15) is 5.10 Å². The average molecular weight is 254 g/mol. The molecule has 0 atom stereocenters. The Kier molecular flexibility index (Phi) is 2.74. The first kappa shape index (κ1) is 12.0. The molecule has 2 rings (SSSR count). The van der Waals surface area contributed by atoms with Crippen LogP contribution in [-0.2, 0) is 7.05 Å². The number of aryl methyl sites for hydroxylation is 1. The fourth-order valence-corrected chi connectivity index (χ4v) is 1.57. The van der Waals surface area contributed by atoms with Crippen molar-refractivity contribution in [3.63, 3.8) is 0 Å². The first-order valence-corrected chi connectivity index (χ1v) is 4.86. The molecular formula is C11H8F2N2O3. The Morgan fingerprint density at radius 3 is 2.44 bits per heavy atom. The van der Waals surface area contributed by atoms with Crippen LogP contribution >= 0.6 is 0 Å². The van der Waals surface area contributed by atoms with Crippen molar-refractivity contribution in [2.45, 2.75) is 0 Å². The second-order valence-corrected chi connectivity index (χ2v) is 3.63. The molecule has 0 fully saturated rings. The molecule has 0 aliphatic heterocycles. The Bertz CT molecular complexity index is 637. The Hall–Kier alpha value is -2.44. The van der Waals surface area contributed by atoms with Gasteiger partial charge in [0, 0.05) is 18.7 Å². The summed E-state index contributed by atoms with van der Waals surface area (Å²) in [4.78, 5) is 10.7. The lowest BCUT2D eigenvalue weighted by Crippen LogP contribution is -1.99. The minimum Gasteiger partial charge on any atom is -0.507 e. The third-order valence-electron chi connectivity index (χ3n) is 2.41. The van der Waals surface area contributed by atoms with Crippen LogP contribution in [0.2, 0.25) is 0 Å². The van der Waals surface area contributed by atoms with Gasteiger partial charge in [-0.25, -0.2) is 13.6 Å². The van der Waals surface area contributed by atoms with Crippen molar-refractivity contribution in [3.05, 3.63) is 35.5 Å². The zero-order valence-corrected chi connectivity index (χ0v) is 9.19. The third kappa shape index (κ3) is 1.90. The SMILES string of the molecule is Cn1nc(C(=O)O)cc1-c1cc(F)c(F)cc1O. The number of aromatic carboxylic acids is 1. The van der Waals surface area contributed by atoms with Gasteiger partial charge in [0.2, 0.25) is 0 Å². The maximum absolute atomic E-state index is 13.1. The van der Waals surface area contributed by atoms with Gasteiger partial charge in [-0.05, 0) is 12.1 Å². The predicted molar refractivity (Wildman–Crippen MR) is 57.2 cm³/mol. The number of carboxylic acid groups (broad SMARTS) is 1. The van der Waals surface area contributed by atoms with Crippen molar-refractivity contribution >= 4 is 5.97 Å². The molecule has 1 aromatic carbocycles. The lowest BCUT2D eigenvalue weighted by Gasteiger charge is -2.05. The number of phenolic OH excluding ortho intramolecular Hbond substituents is 1. The first-order valence-electron chi connectivity index (χ1n) is 4.86. The zero-order valence-electron chi connectivity index (χ0n) is 9.19. The molecule has 7 heteroatoms. The second kappa shape index (κ2) is 4.10. The van der Waals surface area contributed by atoms with Crippen LogP contribution in [0.15, 0.2) is 18.2 Å². The summed E-state index contributed by atoms with van der Waals surface area (Å²) in [6.07, 6.45) is 0. The number of carboxylic acids is 1. The molecule has 1 aromatic heterocycles. The van der Waals surface area contributed by atoms with Crippen LogP contribution in [-0.4, -0.2) is 26.0 Å². The van der Waals surface area contributed by atoms with E-state index < -0.39 is 23.4 Å². The number of nitrogens with zero attached hydrogens (tertiary/aromatic N) is 2. The lowest BCUT2D eigenvalue weighted by molar-refractivity contribution is 0.0689. The summed E-state index contributed by atoms with van der Waals surface area (Å²) in [5, 5.41) is 22.0. The van der Waals surface area contributed by atoms with Crippen LogP contribution in [0.5, 0.6) is 5.75 Å². The minimum absolute atomic E-state index is 0.0311. The normalized spacial score (nSPS) is 10.6. The standard InChI is InChI=1S/C11H8F2N2O3/c1-15-9(4-8(14-15)11(17)18)5-2-6(12)7(13)3-10(5)16/h2-4,16H,1H3,(H,17,18). The van der Waals surface area contributed by atoms with E-state index in [-0.39, 0.29) is 17.0 Å². The van der Waals surface area contributed by atoms with E-state index in [0.29, 0.717) is 6.07 Å². The number of halogens is 2. The van der Waals surface area contributed by atoms with Crippen LogP contribution in [0.25, 0.3) is 11.3 Å². The molecule has 0 aliphatic rings. The van der Waals surface area contributed by atoms with Gasteiger partial charge >= 0.3 is 5.97 Å². The molecule has 0 amide bonds. The smallest absolute Gasteiger partial charge is 0.356 e. The van der Waals surface area contributed by atoms with Gasteiger partial charge in [-0.1, -0.05) is 0 Å². The second-order valence-electron chi connectivity index (χ2n) is 3.63. The summed E-state index contributed by atoms with van der Waals surface area (Å²) in [5.74, 6) is -4.06. The predicted octanol–water partition coefficient (Wildman–Crippen LogP) is 1.77. The van der Waals surface area contributed by atoms with Crippen molar-refractivity contribution < 1.29 is 23.8 Å². The van der Waals surface area contributed by atoms with E-state index in [0.717, 1.165) is 16.8 Å². The van der Waals surface area contributed by atoms with E-state index in [1.54, 1.807) is 0 Å². The molecule has 0 unspecified atom stereocenters. The van der Waals surface area contributed by atoms with Gasteiger partial charge < -0.3 is 10.2 Å². The zero-order chi connectivity index (χ0) is 13.4. The maximum atomic E-state index is 13.1. The number of hydrogen-bond donors (Lipinski definition) is 2. The van der Waals surface area contributed by atoms with Crippen molar-refractivity contribution in [1.82, 2.24) is 9.78 Å². The van der Waals surface area contributed by atoms with Gasteiger partial charge in [-0.3, -0.25) is 4.68 Å². The van der Waals surface area contributed by atoms with E-state index in [2.05, 4.69) is 5.10 Å². The number of carbonyl (C=O) groups is 1. The Labute approximate surface area is 99.9 Å². The van der Waals surface area contributed by atoms with E-state index in [9.17, 15) is 18.7 Å². The molecule has 94 valence electrons. The summed E-state index contributed by atoms with van der Waals surface area (Å²) in [6, 6.07) is 2.57. The molecule has 0 saturated heterocycles. The molecule has 5 nitrogen and oxygen atoms in total. The highest BCUT2D eigenvalue weighted by Gasteiger charge is 2.17. The molecule has 0 spiro atoms. The van der Waals surface area contributed by atoms with E-state index >= 15 is 0 Å². The molecule has 0 saturated carbocycles. The number of aromatic nitrogens is 2. The summed E-state index contributed by atoms with van der Waals surface area (Å²) in [6.45, 7) is 0. The number of rotatable bonds is 2. The van der Waals surface area contributed by atoms with Crippen molar-refractivity contribution in [2.24, 2.45) is 7.05 Å². The molecule has 0 aliphatic carbocycles. The van der Waals surface area contributed by atoms with Gasteiger partial charge in [-0.15, -0.1) is 0 Å². The average Bonchev–Trinajstić information content (AvgIpc) is 2.66. The Balaban J connectivity index is 2.62. The fourth-order valence-electron chi connectivity index (χ4n) is 1.57. The summed E-state index contributed by atoms with van der Waals surface area (Å²) in [7, 11) is 1.43. The Morgan fingerprint density at radius 1 is 1.28 bits per heavy atom. The quantitative estimate of drug-likeness (QED) is 0.856. The highest BCUT2D eigenvalue weighted by Crippen LogP contribution is 2.31. The van der Waals surface area contributed by atoms with Gasteiger partial charge in [0.25, 0.3) is 0 Å². The van der Waals surface area contributed by atoms with Gasteiger partial charge in [0.05, 0.1) is 5.69 Å². The van der Waals surface area contributed by atoms with Crippen molar-refractivity contribution in [2.75, 3.05) is 0 Å². The molecule has 18 heavy (non-hydrogen) atoms. The number of phenols is 1.